The fraction of sp³-hybridized carbons (Fsp3) is 0. The summed E-state index contributed by atoms with van der Waals surface area (Å²) >= 11 is 0. The summed E-state index contributed by atoms with van der Waals surface area (Å²) in [5.41, 5.74) is 0.824. The van der Waals surface area contributed by atoms with Gasteiger partial charge in [0.25, 0.3) is 0 Å². The van der Waals surface area contributed by atoms with Crippen LogP contribution in [0.15, 0.2) is 49.7 Å². The largest absolute Gasteiger partial charge is 0.272 e. The maximum absolute atomic E-state index is 3.87. The van der Waals surface area contributed by atoms with E-state index in [1.807, 2.05) is 0 Å². The maximum atomic E-state index is 3.87. The van der Waals surface area contributed by atoms with Crippen LogP contribution in [0.2, 0.25) is 0 Å². The Morgan fingerprint density at radius 2 is 1.80 bits per heavy atom. The normalized spacial score (nSPS) is 9.33. The number of aromatic nitrogens is 6. The van der Waals surface area contributed by atoms with Gasteiger partial charge < -0.3 is 0 Å². The summed E-state index contributed by atoms with van der Waals surface area (Å²) in [6.07, 6.45) is 9.84. The van der Waals surface area contributed by atoms with Crippen molar-refractivity contribution in [2.45, 2.75) is 0 Å². The van der Waals surface area contributed by atoms with E-state index >= 15 is 0 Å². The third-order valence-electron chi connectivity index (χ3n) is 1.58. The lowest BCUT2D eigenvalue weighted by Gasteiger charge is -1.83. The Morgan fingerprint density at radius 3 is 2.40 bits per heavy atom. The summed E-state index contributed by atoms with van der Waals surface area (Å²) in [5, 5.41) is 7.47. The fourth-order valence-corrected chi connectivity index (χ4v) is 0.933. The van der Waals surface area contributed by atoms with Gasteiger partial charge in [-0.15, -0.1) is 10.2 Å². The maximum Gasteiger partial charge on any atom is 0.163 e. The number of nitrogens with zero attached hydrogens (tertiary/aromatic N) is 6. The second kappa shape index (κ2) is 4.75. The Kier molecular flexibility index (Phi) is 2.91. The monoisotopic (exact) mass is 200 g/mol. The van der Waals surface area contributed by atoms with E-state index in [0.717, 1.165) is 5.65 Å². The average Bonchev–Trinajstić information content (AvgIpc) is 2.80. The van der Waals surface area contributed by atoms with Crippen LogP contribution >= 0.6 is 0 Å². The predicted molar refractivity (Wildman–Crippen MR) is 52.8 cm³/mol. The molecule has 0 N–H and O–H groups in total. The molecule has 0 amide bonds. The zero-order valence-electron chi connectivity index (χ0n) is 7.80. The summed E-state index contributed by atoms with van der Waals surface area (Å²) in [5.74, 6) is 0. The highest BCUT2D eigenvalue weighted by molar-refractivity contribution is 5.32. The number of fused-ring (bicyclic) bond motifs is 1. The lowest BCUT2D eigenvalue weighted by Crippen LogP contribution is -1.81. The van der Waals surface area contributed by atoms with E-state index in [2.05, 4.69) is 25.1 Å². The first-order valence-electron chi connectivity index (χ1n) is 4.26. The smallest absolute Gasteiger partial charge is 0.163 e. The van der Waals surface area contributed by atoms with E-state index in [-0.39, 0.29) is 0 Å². The van der Waals surface area contributed by atoms with E-state index < -0.39 is 0 Å². The summed E-state index contributed by atoms with van der Waals surface area (Å²) in [7, 11) is 0. The zero-order valence-corrected chi connectivity index (χ0v) is 7.80. The Bertz CT molecular complexity index is 449. The summed E-state index contributed by atoms with van der Waals surface area (Å²) in [6, 6.07) is 3.58. The van der Waals surface area contributed by atoms with Crippen molar-refractivity contribution >= 4 is 5.65 Å². The lowest BCUT2D eigenvalue weighted by atomic mass is 10.6. The minimum absolute atomic E-state index is 0.824. The molecule has 0 aliphatic heterocycles. The minimum atomic E-state index is 0.824. The van der Waals surface area contributed by atoms with Crippen molar-refractivity contribution in [3.8, 4) is 0 Å². The molecule has 0 bridgehead atoms. The van der Waals surface area contributed by atoms with E-state index in [4.69, 9.17) is 0 Å². The quantitative estimate of drug-likeness (QED) is 0.531. The molecule has 3 aromatic rings. The lowest BCUT2D eigenvalue weighted by molar-refractivity contribution is 1.07. The molecule has 0 radical (unpaired) electrons. The highest BCUT2D eigenvalue weighted by Gasteiger charge is 1.88. The van der Waals surface area contributed by atoms with Crippen LogP contribution in [0.3, 0.4) is 0 Å². The molecular weight excluding hydrogens is 192 g/mol. The van der Waals surface area contributed by atoms with Crippen molar-refractivity contribution in [2.75, 3.05) is 0 Å². The second-order valence-corrected chi connectivity index (χ2v) is 2.58. The molecular formula is C9H8N6. The molecule has 15 heavy (non-hydrogen) atoms. The Morgan fingerprint density at radius 1 is 0.933 bits per heavy atom. The molecule has 6 nitrogen and oxygen atoms in total. The predicted octanol–water partition coefficient (Wildman–Crippen LogP) is 0.601. The van der Waals surface area contributed by atoms with Gasteiger partial charge in [-0.05, 0) is 6.07 Å². The van der Waals surface area contributed by atoms with Crippen LogP contribution in [0.5, 0.6) is 0 Å². The van der Waals surface area contributed by atoms with E-state index in [1.54, 1.807) is 47.8 Å². The average molecular weight is 200 g/mol. The van der Waals surface area contributed by atoms with Gasteiger partial charge in [-0.2, -0.15) is 0 Å². The highest BCUT2D eigenvalue weighted by Crippen LogP contribution is 1.91. The molecule has 0 saturated heterocycles. The zero-order chi connectivity index (χ0) is 10.3. The van der Waals surface area contributed by atoms with Crippen LogP contribution < -0.4 is 0 Å². The molecule has 0 fully saturated rings. The topological polar surface area (TPSA) is 68.9 Å². The number of hydrogen-bond donors (Lipinski definition) is 0. The Balaban J connectivity index is 0.000000124. The van der Waals surface area contributed by atoms with Crippen molar-refractivity contribution < 1.29 is 0 Å². The fourth-order valence-electron chi connectivity index (χ4n) is 0.933. The van der Waals surface area contributed by atoms with E-state index in [9.17, 15) is 0 Å². The van der Waals surface area contributed by atoms with Gasteiger partial charge in [0.15, 0.2) is 5.65 Å². The van der Waals surface area contributed by atoms with Gasteiger partial charge in [0.2, 0.25) is 0 Å². The van der Waals surface area contributed by atoms with Gasteiger partial charge in [-0.1, -0.05) is 0 Å². The van der Waals surface area contributed by atoms with Crippen LogP contribution in [0.4, 0.5) is 0 Å². The van der Waals surface area contributed by atoms with Crippen LogP contribution in [0.25, 0.3) is 5.65 Å². The summed E-state index contributed by atoms with van der Waals surface area (Å²) in [4.78, 5) is 11.2. The van der Waals surface area contributed by atoms with Crippen molar-refractivity contribution in [1.82, 2.24) is 29.5 Å². The molecule has 0 aliphatic rings. The van der Waals surface area contributed by atoms with Crippen molar-refractivity contribution in [1.29, 1.82) is 0 Å². The van der Waals surface area contributed by atoms with E-state index in [1.165, 1.54) is 6.33 Å². The van der Waals surface area contributed by atoms with Gasteiger partial charge in [0, 0.05) is 24.7 Å². The molecule has 0 saturated carbocycles. The first-order chi connectivity index (χ1) is 7.47. The van der Waals surface area contributed by atoms with Gasteiger partial charge >= 0.3 is 0 Å². The van der Waals surface area contributed by atoms with Crippen LogP contribution in [0.1, 0.15) is 0 Å². The highest BCUT2D eigenvalue weighted by atomic mass is 15.2. The molecule has 0 atom stereocenters. The Labute approximate surface area is 85.7 Å². The van der Waals surface area contributed by atoms with Crippen molar-refractivity contribution in [2.24, 2.45) is 0 Å². The SMILES string of the molecule is c1cc2nncn2cn1.c1cncnc1. The van der Waals surface area contributed by atoms with Gasteiger partial charge in [-0.25, -0.2) is 15.0 Å². The van der Waals surface area contributed by atoms with Crippen LogP contribution in [-0.2, 0) is 0 Å². The summed E-state index contributed by atoms with van der Waals surface area (Å²) < 4.78 is 1.75. The Hall–Kier alpha value is -2.37. The molecule has 0 aromatic carbocycles. The van der Waals surface area contributed by atoms with Gasteiger partial charge in [-0.3, -0.25) is 4.40 Å². The number of hydrogen-bond acceptors (Lipinski definition) is 5. The molecule has 0 aliphatic carbocycles. The third kappa shape index (κ3) is 2.53. The van der Waals surface area contributed by atoms with Crippen LogP contribution in [0, 0.1) is 0 Å². The molecule has 3 rings (SSSR count). The minimum Gasteiger partial charge on any atom is -0.272 e. The van der Waals surface area contributed by atoms with Gasteiger partial charge in [0.05, 0.1) is 0 Å². The first-order valence-corrected chi connectivity index (χ1v) is 4.26. The van der Waals surface area contributed by atoms with Gasteiger partial charge in [0.1, 0.15) is 19.0 Å². The molecule has 0 spiro atoms. The molecule has 0 unspecified atom stereocenters. The third-order valence-corrected chi connectivity index (χ3v) is 1.58. The molecule has 3 aromatic heterocycles. The van der Waals surface area contributed by atoms with Crippen molar-refractivity contribution in [3.63, 3.8) is 0 Å². The standard InChI is InChI=1S/C5H4N4.C4H4N2/c1-2-6-3-9-4-7-8-5(1)9;1-2-5-4-6-3-1/h1-4H;1-4H. The van der Waals surface area contributed by atoms with Crippen molar-refractivity contribution in [3.05, 3.63) is 49.7 Å². The molecule has 6 heteroatoms. The molecule has 3 heterocycles. The van der Waals surface area contributed by atoms with E-state index in [0.29, 0.717) is 0 Å². The second-order valence-electron chi connectivity index (χ2n) is 2.58. The van der Waals surface area contributed by atoms with Crippen LogP contribution in [-0.4, -0.2) is 29.5 Å². The molecule has 74 valence electrons. The summed E-state index contributed by atoms with van der Waals surface area (Å²) in [6.45, 7) is 0. The number of rotatable bonds is 0. The first kappa shape index (κ1) is 9.20.